The standard InChI is InChI=1S/C27H35N2O.2C9H5ClN4O4S.Co/c1-5-29(6-2)22-16-14-21(25(20-22)30-4)15-17-26-27(18-10-7-11-19-27)23-12-8-9-13-24(23)28(26)3;2*10-4-1-5(7(16)2-6(4)15)12-13-9-11-3-8(19-9)14(17)18;/h8-9,12-17,20H,5-7,10-11,18-19H2,1-4H3;2*1-3H,(H2,11,13,15,16);/q+1;;;/p-2. The van der Waals surface area contributed by atoms with Crippen LogP contribution in [0.4, 0.5) is 21.4 Å². The first-order valence-corrected chi connectivity index (χ1v) is 23.2. The zero-order valence-corrected chi connectivity index (χ0v) is 41.4. The minimum atomic E-state index is -0.600. The van der Waals surface area contributed by atoms with Gasteiger partial charge in [0.15, 0.2) is 5.71 Å². The maximum atomic E-state index is 11.1. The number of anilines is 1. The van der Waals surface area contributed by atoms with Crippen molar-refractivity contribution in [1.29, 1.82) is 0 Å². The van der Waals surface area contributed by atoms with E-state index in [9.17, 15) is 40.0 Å². The van der Waals surface area contributed by atoms with Crippen LogP contribution in [0.15, 0.2) is 127 Å². The van der Waals surface area contributed by atoms with Gasteiger partial charge in [-0.3, -0.25) is 40.0 Å². The molecule has 363 valence electrons. The predicted octanol–water partition coefficient (Wildman–Crippen LogP) is 8.22. The van der Waals surface area contributed by atoms with E-state index in [-0.39, 0.29) is 74.8 Å². The Hall–Kier alpha value is -6.56. The van der Waals surface area contributed by atoms with Gasteiger partial charge in [-0.1, -0.05) is 83.3 Å². The molecule has 0 amide bonds. The van der Waals surface area contributed by atoms with E-state index >= 15 is 0 Å². The van der Waals surface area contributed by atoms with Gasteiger partial charge in [0.05, 0.1) is 32.4 Å². The molecule has 3 aliphatic carbocycles. The Morgan fingerprint density at radius 3 is 1.81 bits per heavy atom. The van der Waals surface area contributed by atoms with Crippen molar-refractivity contribution >= 4 is 102 Å². The number of para-hydroxylation sites is 1. The first kappa shape index (κ1) is 53.4. The third-order valence-corrected chi connectivity index (χ3v) is 13.2. The van der Waals surface area contributed by atoms with E-state index in [2.05, 4.69) is 115 Å². The van der Waals surface area contributed by atoms with Crippen LogP contribution in [0.3, 0.4) is 0 Å². The zero-order chi connectivity index (χ0) is 49.1. The van der Waals surface area contributed by atoms with Crippen LogP contribution in [0.1, 0.15) is 57.1 Å². The summed E-state index contributed by atoms with van der Waals surface area (Å²) in [6.45, 7) is 6.38. The second-order valence-corrected chi connectivity index (χ2v) is 17.7. The molecule has 2 N–H and O–H groups in total. The number of carbonyl (C=O) groups excluding carboxylic acids is 2. The maximum absolute atomic E-state index is 11.1. The Labute approximate surface area is 422 Å². The molecule has 0 unspecified atom stereocenters. The van der Waals surface area contributed by atoms with E-state index in [4.69, 9.17) is 27.9 Å². The number of allylic oxidation sites excluding steroid dienone is 7. The Balaban J connectivity index is 0.000000200. The number of fused-ring (bicyclic) bond motifs is 2. The number of ketones is 2. The molecule has 2 aromatic carbocycles. The molecule has 2 aromatic heterocycles. The van der Waals surface area contributed by atoms with Crippen molar-refractivity contribution in [3.63, 3.8) is 0 Å². The van der Waals surface area contributed by atoms with Gasteiger partial charge in [-0.05, 0) is 57.0 Å². The summed E-state index contributed by atoms with van der Waals surface area (Å²) in [5.41, 5.74) is 6.77. The molecule has 3 heterocycles. The predicted molar refractivity (Wildman–Crippen MR) is 262 cm³/mol. The van der Waals surface area contributed by atoms with Gasteiger partial charge < -0.3 is 40.0 Å². The van der Waals surface area contributed by atoms with Crippen LogP contribution in [0, 0.1) is 20.2 Å². The van der Waals surface area contributed by atoms with E-state index in [1.165, 1.54) is 54.8 Å². The van der Waals surface area contributed by atoms with Gasteiger partial charge in [-0.15, -0.1) is 0 Å². The number of aliphatic hydroxyl groups is 2. The Morgan fingerprint density at radius 2 is 1.33 bits per heavy atom. The SMILES string of the molecule is CCN(CC)c1ccc(/C=C/C2=[N+](C)c3ccccc3C23CCCCC3)c(OC)c1.O=C1C=C(O)C(=NN=c2[n-]cc([N+](=O)[O-])s2)C=C1Cl.O=C1C=C(O)C(=NN=c2[n-]cc([N+](=O)[O-])s2)C=C1Cl.[Co]. The molecule has 19 nitrogen and oxygen atoms in total. The van der Waals surface area contributed by atoms with Crippen LogP contribution in [-0.2, 0) is 31.8 Å². The summed E-state index contributed by atoms with van der Waals surface area (Å²) in [5.74, 6) is -0.911. The monoisotopic (exact) mass is 1060 g/mol. The topological polar surface area (TPSA) is 254 Å². The fourth-order valence-corrected chi connectivity index (χ4v) is 9.12. The van der Waals surface area contributed by atoms with Gasteiger partial charge in [0.25, 0.3) is 0 Å². The number of carbonyl (C=O) groups is 2. The number of rotatable bonds is 10. The zero-order valence-electron chi connectivity index (χ0n) is 37.2. The summed E-state index contributed by atoms with van der Waals surface area (Å²) < 4.78 is 8.18. The molecule has 24 heteroatoms. The fraction of sp³-hybridized carbons (Fsp3) is 0.267. The van der Waals surface area contributed by atoms with Gasteiger partial charge in [0.1, 0.15) is 35.7 Å². The first-order chi connectivity index (χ1) is 32.6. The average Bonchev–Trinajstić information content (AvgIpc) is 4.07. The molecule has 0 atom stereocenters. The average molecular weight is 1060 g/mol. The molecule has 8 rings (SSSR count). The van der Waals surface area contributed by atoms with Crippen LogP contribution < -0.4 is 29.2 Å². The molecule has 1 fully saturated rings. The molecule has 1 aliphatic heterocycles. The van der Waals surface area contributed by atoms with Gasteiger partial charge in [-0.25, -0.2) is 0 Å². The third-order valence-electron chi connectivity index (χ3n) is 11.0. The van der Waals surface area contributed by atoms with Gasteiger partial charge in [0.2, 0.25) is 17.3 Å². The van der Waals surface area contributed by atoms with Crippen LogP contribution in [0.2, 0.25) is 0 Å². The number of aliphatic hydroxyl groups excluding tert-OH is 2. The van der Waals surface area contributed by atoms with Crippen molar-refractivity contribution in [1.82, 2.24) is 9.97 Å². The molecule has 1 saturated carbocycles. The second kappa shape index (κ2) is 24.1. The van der Waals surface area contributed by atoms with Crippen LogP contribution in [0.25, 0.3) is 6.08 Å². The van der Waals surface area contributed by atoms with E-state index in [1.807, 2.05) is 0 Å². The van der Waals surface area contributed by atoms with Crippen LogP contribution in [0.5, 0.6) is 5.75 Å². The number of ether oxygens (including phenoxy) is 1. The molecule has 0 bridgehead atoms. The van der Waals surface area contributed by atoms with Gasteiger partial charge in [0, 0.05) is 99.0 Å². The normalized spacial score (nSPS) is 17.8. The van der Waals surface area contributed by atoms with Crippen molar-refractivity contribution < 1.29 is 55.7 Å². The fourth-order valence-electron chi connectivity index (χ4n) is 7.70. The van der Waals surface area contributed by atoms with Crippen molar-refractivity contribution in [2.24, 2.45) is 20.4 Å². The smallest absolute Gasteiger partial charge is 0.319 e. The number of benzene rings is 2. The molecule has 1 spiro atoms. The molecular weight excluding hydrogens is 1020 g/mol. The Kier molecular flexibility index (Phi) is 18.7. The summed E-state index contributed by atoms with van der Waals surface area (Å²) in [6, 6.07) is 15.5. The van der Waals surface area contributed by atoms with Crippen LogP contribution in [-0.4, -0.2) is 80.6 Å². The number of thiazole rings is 2. The number of nitro groups is 2. The molecular formula is C45H43Cl2CoN10O9S2-. The molecule has 0 saturated heterocycles. The minimum absolute atomic E-state index is 0. The van der Waals surface area contributed by atoms with E-state index in [0.717, 1.165) is 83.8 Å². The number of halogens is 2. The van der Waals surface area contributed by atoms with E-state index in [1.54, 1.807) is 7.11 Å². The van der Waals surface area contributed by atoms with Gasteiger partial charge >= 0.3 is 10.0 Å². The van der Waals surface area contributed by atoms with Crippen molar-refractivity contribution in [3.8, 4) is 5.75 Å². The number of nitrogens with zero attached hydrogens (tertiary/aromatic N) is 10. The van der Waals surface area contributed by atoms with Crippen molar-refractivity contribution in [2.75, 3.05) is 32.1 Å². The second-order valence-electron chi connectivity index (χ2n) is 15.0. The summed E-state index contributed by atoms with van der Waals surface area (Å²) in [6.07, 6.45) is 17.2. The third kappa shape index (κ3) is 12.8. The Bertz CT molecular complexity index is 2920. The Morgan fingerprint density at radius 1 is 0.812 bits per heavy atom. The molecule has 4 aromatic rings. The maximum Gasteiger partial charge on any atom is 0.319 e. The number of methoxy groups -OCH3 is 1. The molecule has 1 radical (unpaired) electrons. The number of aromatic nitrogens is 2. The van der Waals surface area contributed by atoms with Crippen molar-refractivity contribution in [2.45, 2.75) is 51.4 Å². The van der Waals surface area contributed by atoms with E-state index < -0.39 is 21.4 Å². The van der Waals surface area contributed by atoms with Crippen molar-refractivity contribution in [3.05, 3.63) is 148 Å². The number of hydrogen-bond acceptors (Lipinski definition) is 16. The van der Waals surface area contributed by atoms with Crippen LogP contribution >= 0.6 is 45.9 Å². The summed E-state index contributed by atoms with van der Waals surface area (Å²) in [4.78, 5) is 51.6. The van der Waals surface area contributed by atoms with E-state index in [0.29, 0.717) is 0 Å². The molecule has 4 aliphatic rings. The quantitative estimate of drug-likeness (QED) is 0.0659. The minimum Gasteiger partial charge on any atom is -0.506 e. The first-order valence-electron chi connectivity index (χ1n) is 20.8. The summed E-state index contributed by atoms with van der Waals surface area (Å²) in [7, 11) is 3.99. The largest absolute Gasteiger partial charge is 0.506 e. The van der Waals surface area contributed by atoms with Gasteiger partial charge in [-0.2, -0.15) is 4.58 Å². The summed E-state index contributed by atoms with van der Waals surface area (Å²) in [5, 5.41) is 53.7. The number of hydrogen-bond donors (Lipinski definition) is 2. The molecule has 69 heavy (non-hydrogen) atoms. The summed E-state index contributed by atoms with van der Waals surface area (Å²) >= 11 is 12.6.